The van der Waals surface area contributed by atoms with Crippen LogP contribution in [0.15, 0.2) is 6.07 Å². The third-order valence-corrected chi connectivity index (χ3v) is 2.77. The lowest BCUT2D eigenvalue weighted by molar-refractivity contribution is -0.655. The number of nitrogens with two attached hydrogens (primary N) is 1. The average molecular weight is 260 g/mol. The molecule has 1 saturated heterocycles. The first-order valence-electron chi connectivity index (χ1n) is 5.65. The third-order valence-electron chi connectivity index (χ3n) is 2.59. The van der Waals surface area contributed by atoms with E-state index >= 15 is 0 Å². The van der Waals surface area contributed by atoms with Crippen molar-refractivity contribution in [3.63, 3.8) is 0 Å². The van der Waals surface area contributed by atoms with Crippen LogP contribution in [0.2, 0.25) is 5.15 Å². The highest BCUT2D eigenvalue weighted by molar-refractivity contribution is 6.29. The number of halogens is 1. The second-order valence-electron chi connectivity index (χ2n) is 3.78. The lowest BCUT2D eigenvalue weighted by Gasteiger charge is -2.28. The van der Waals surface area contributed by atoms with Crippen molar-refractivity contribution in [3.8, 4) is 5.88 Å². The minimum atomic E-state index is -0.0441. The molecule has 0 spiro atoms. The number of hydrogen-bond donors (Lipinski definition) is 2. The van der Waals surface area contributed by atoms with Gasteiger partial charge in [-0.2, -0.15) is 0 Å². The molecule has 94 valence electrons. The molecule has 0 saturated carbocycles. The van der Waals surface area contributed by atoms with Gasteiger partial charge in [-0.25, -0.2) is 0 Å². The molecule has 0 bridgehead atoms. The largest absolute Gasteiger partial charge is 0.473 e. The maximum Gasteiger partial charge on any atom is 0.257 e. The van der Waals surface area contributed by atoms with Crippen molar-refractivity contribution in [2.24, 2.45) is 0 Å². The van der Waals surface area contributed by atoms with Crippen molar-refractivity contribution < 1.29 is 15.2 Å². The van der Waals surface area contributed by atoms with Gasteiger partial charge in [-0.05, 0) is 0 Å². The molecule has 0 aromatic carbocycles. The molecule has 1 aromatic rings. The van der Waals surface area contributed by atoms with Crippen LogP contribution in [-0.4, -0.2) is 54.7 Å². The molecule has 17 heavy (non-hydrogen) atoms. The lowest BCUT2D eigenvalue weighted by Crippen LogP contribution is -2.89. The van der Waals surface area contributed by atoms with E-state index in [4.69, 9.17) is 21.4 Å². The predicted molar refractivity (Wildman–Crippen MR) is 63.5 cm³/mol. The van der Waals surface area contributed by atoms with Crippen molar-refractivity contribution in [3.05, 3.63) is 11.2 Å². The Morgan fingerprint density at radius 2 is 2.18 bits per heavy atom. The van der Waals surface area contributed by atoms with Crippen molar-refractivity contribution in [1.82, 2.24) is 10.2 Å². The fourth-order valence-electron chi connectivity index (χ4n) is 1.81. The Morgan fingerprint density at radius 1 is 1.41 bits per heavy atom. The molecule has 3 N–H and O–H groups in total. The van der Waals surface area contributed by atoms with Gasteiger partial charge in [0.05, 0.1) is 32.8 Å². The van der Waals surface area contributed by atoms with Gasteiger partial charge in [0.15, 0.2) is 5.15 Å². The molecule has 1 fully saturated rings. The molecule has 0 amide bonds. The van der Waals surface area contributed by atoms with Crippen LogP contribution in [0.1, 0.15) is 0 Å². The van der Waals surface area contributed by atoms with Crippen LogP contribution in [0.25, 0.3) is 0 Å². The van der Waals surface area contributed by atoms with Crippen molar-refractivity contribution >= 4 is 17.3 Å². The van der Waals surface area contributed by atoms with Crippen molar-refractivity contribution in [2.75, 3.05) is 44.3 Å². The average Bonchev–Trinajstić information content (AvgIpc) is 2.38. The maximum atomic E-state index is 8.77. The van der Waals surface area contributed by atoms with Crippen LogP contribution < -0.4 is 15.0 Å². The zero-order valence-electron chi connectivity index (χ0n) is 9.47. The molecule has 0 aliphatic carbocycles. The van der Waals surface area contributed by atoms with Gasteiger partial charge in [0.2, 0.25) is 0 Å². The number of aliphatic hydroxyl groups excluding tert-OH is 1. The van der Waals surface area contributed by atoms with Gasteiger partial charge in [-0.15, -0.1) is 10.2 Å². The Labute approximate surface area is 105 Å². The number of ether oxygens (including phenoxy) is 1. The Hall–Kier alpha value is -1.11. The number of hydrogen-bond acceptors (Lipinski definition) is 5. The molecule has 1 aromatic heterocycles. The highest BCUT2D eigenvalue weighted by Gasteiger charge is 2.19. The SMILES string of the molecule is OCCOc1nnc(Cl)cc1N1CC[NH2+]CC1. The summed E-state index contributed by atoms with van der Waals surface area (Å²) < 4.78 is 5.36. The summed E-state index contributed by atoms with van der Waals surface area (Å²) >= 11 is 5.86. The zero-order chi connectivity index (χ0) is 12.1. The normalized spacial score (nSPS) is 16.0. The molecule has 7 heteroatoms. The summed E-state index contributed by atoms with van der Waals surface area (Å²) in [6.45, 7) is 4.11. The van der Waals surface area contributed by atoms with Crippen LogP contribution in [-0.2, 0) is 0 Å². The van der Waals surface area contributed by atoms with Crippen molar-refractivity contribution in [2.45, 2.75) is 0 Å². The summed E-state index contributed by atoms with van der Waals surface area (Å²) in [4.78, 5) is 2.17. The smallest absolute Gasteiger partial charge is 0.257 e. The minimum Gasteiger partial charge on any atom is -0.473 e. The van der Waals surface area contributed by atoms with E-state index < -0.39 is 0 Å². The molecule has 1 aliphatic heterocycles. The second-order valence-corrected chi connectivity index (χ2v) is 4.17. The molecular formula is C10H16ClN4O2+. The molecule has 0 atom stereocenters. The first kappa shape index (κ1) is 12.3. The molecule has 6 nitrogen and oxygen atoms in total. The van der Waals surface area contributed by atoms with Crippen LogP contribution in [0.4, 0.5) is 5.69 Å². The fraction of sp³-hybridized carbons (Fsp3) is 0.600. The quantitative estimate of drug-likeness (QED) is 0.717. The zero-order valence-corrected chi connectivity index (χ0v) is 10.2. The Balaban J connectivity index is 2.19. The van der Waals surface area contributed by atoms with Gasteiger partial charge in [0.25, 0.3) is 5.88 Å². The number of aromatic nitrogens is 2. The summed E-state index contributed by atoms with van der Waals surface area (Å²) in [6.07, 6.45) is 0. The molecule has 0 radical (unpaired) electrons. The maximum absolute atomic E-state index is 8.77. The van der Waals surface area contributed by atoms with Crippen LogP contribution >= 0.6 is 11.6 Å². The van der Waals surface area contributed by atoms with Gasteiger partial charge >= 0.3 is 0 Å². The summed E-state index contributed by atoms with van der Waals surface area (Å²) in [5.41, 5.74) is 0.853. The Bertz CT molecular complexity index is 371. The van der Waals surface area contributed by atoms with Gasteiger partial charge in [0, 0.05) is 6.07 Å². The number of rotatable bonds is 4. The third kappa shape index (κ3) is 3.18. The van der Waals surface area contributed by atoms with Gasteiger partial charge in [-0.3, -0.25) is 0 Å². The monoisotopic (exact) mass is 259 g/mol. The van der Waals surface area contributed by atoms with E-state index in [0.29, 0.717) is 11.0 Å². The lowest BCUT2D eigenvalue weighted by atomic mass is 10.3. The van der Waals surface area contributed by atoms with E-state index in [1.807, 2.05) is 0 Å². The number of aliphatic hydroxyl groups is 1. The Morgan fingerprint density at radius 3 is 2.88 bits per heavy atom. The van der Waals surface area contributed by atoms with Gasteiger partial charge < -0.3 is 20.1 Å². The van der Waals surface area contributed by atoms with Gasteiger partial charge in [-0.1, -0.05) is 11.6 Å². The predicted octanol–water partition coefficient (Wildman–Crippen LogP) is -1.12. The minimum absolute atomic E-state index is 0.0441. The molecule has 2 rings (SSSR count). The summed E-state index contributed by atoms with van der Waals surface area (Å²) in [5.74, 6) is 0.436. The molecule has 2 heterocycles. The number of nitrogens with zero attached hydrogens (tertiary/aromatic N) is 3. The number of piperazine rings is 1. The second kappa shape index (κ2) is 6.00. The Kier molecular flexibility index (Phi) is 4.36. The van der Waals surface area contributed by atoms with Crippen LogP contribution in [0.5, 0.6) is 5.88 Å². The molecule has 0 unspecified atom stereocenters. The van der Waals surface area contributed by atoms with E-state index in [-0.39, 0.29) is 13.2 Å². The highest BCUT2D eigenvalue weighted by atomic mass is 35.5. The number of quaternary nitrogens is 1. The topological polar surface area (TPSA) is 75.1 Å². The van der Waals surface area contributed by atoms with Crippen molar-refractivity contribution in [1.29, 1.82) is 0 Å². The first-order valence-corrected chi connectivity index (χ1v) is 6.02. The summed E-state index contributed by atoms with van der Waals surface area (Å²) in [7, 11) is 0. The molecule has 1 aliphatic rings. The van der Waals surface area contributed by atoms with Crippen LogP contribution in [0, 0.1) is 0 Å². The standard InChI is InChI=1S/C10H15ClN4O2/c11-9-7-8(15-3-1-12-2-4-15)10(14-13-9)17-6-5-16/h7,12,16H,1-6H2/p+1. The number of anilines is 1. The van der Waals surface area contributed by atoms with E-state index in [0.717, 1.165) is 31.9 Å². The fourth-order valence-corrected chi connectivity index (χ4v) is 1.95. The first-order chi connectivity index (χ1) is 8.31. The van der Waals surface area contributed by atoms with E-state index in [2.05, 4.69) is 20.4 Å². The summed E-state index contributed by atoms with van der Waals surface area (Å²) in [6, 6.07) is 1.76. The highest BCUT2D eigenvalue weighted by Crippen LogP contribution is 2.27. The van der Waals surface area contributed by atoms with Crippen LogP contribution in [0.3, 0.4) is 0 Å². The molecular weight excluding hydrogens is 244 g/mol. The van der Waals surface area contributed by atoms with Gasteiger partial charge in [0.1, 0.15) is 12.3 Å². The van der Waals surface area contributed by atoms with E-state index in [9.17, 15) is 0 Å². The van der Waals surface area contributed by atoms with E-state index in [1.165, 1.54) is 0 Å². The summed E-state index contributed by atoms with van der Waals surface area (Å²) in [5, 5.41) is 19.1. The van der Waals surface area contributed by atoms with E-state index in [1.54, 1.807) is 6.07 Å².